The highest BCUT2D eigenvalue weighted by atomic mass is 16.3. The Kier molecular flexibility index (Phi) is 3.38. The molecule has 0 saturated heterocycles. The largest absolute Gasteiger partial charge is 0.380 e. The summed E-state index contributed by atoms with van der Waals surface area (Å²) < 4.78 is 2.04. The van der Waals surface area contributed by atoms with E-state index in [-0.39, 0.29) is 0 Å². The number of hydrogen-bond acceptors (Lipinski definition) is 2. The number of aliphatic hydroxyl groups excluding tert-OH is 1. The van der Waals surface area contributed by atoms with Crippen molar-refractivity contribution in [2.45, 2.75) is 44.8 Å². The summed E-state index contributed by atoms with van der Waals surface area (Å²) in [6.07, 6.45) is 6.68. The number of rotatable bonds is 5. The summed E-state index contributed by atoms with van der Waals surface area (Å²) in [5.41, 5.74) is 2.30. The fraction of sp³-hybridized carbons (Fsp3) is 0.438. The van der Waals surface area contributed by atoms with Crippen LogP contribution < -0.4 is 0 Å². The lowest BCUT2D eigenvalue weighted by atomic mass is 10.0. The molecule has 2 aromatic rings. The van der Waals surface area contributed by atoms with Crippen LogP contribution in [0.3, 0.4) is 0 Å². The Labute approximate surface area is 113 Å². The quantitative estimate of drug-likeness (QED) is 0.891. The monoisotopic (exact) mass is 256 g/mol. The van der Waals surface area contributed by atoms with Gasteiger partial charge in [-0.1, -0.05) is 31.2 Å². The zero-order valence-electron chi connectivity index (χ0n) is 11.3. The first-order valence-electron chi connectivity index (χ1n) is 7.08. The van der Waals surface area contributed by atoms with Gasteiger partial charge in [-0.15, -0.1) is 0 Å². The zero-order chi connectivity index (χ0) is 13.2. The van der Waals surface area contributed by atoms with Crippen LogP contribution in [0.5, 0.6) is 0 Å². The second-order valence-electron chi connectivity index (χ2n) is 5.33. The summed E-state index contributed by atoms with van der Waals surface area (Å²) in [5.74, 6) is 1.46. The van der Waals surface area contributed by atoms with Gasteiger partial charge in [-0.05, 0) is 36.3 Å². The SMILES string of the molecule is CCCn1ccnc1C(O)c1cccc(C2CC2)c1. The Morgan fingerprint density at radius 3 is 3.00 bits per heavy atom. The first-order chi connectivity index (χ1) is 9.29. The molecule has 1 aromatic carbocycles. The molecule has 1 unspecified atom stereocenters. The van der Waals surface area contributed by atoms with Crippen molar-refractivity contribution in [3.05, 3.63) is 53.6 Å². The van der Waals surface area contributed by atoms with Gasteiger partial charge < -0.3 is 9.67 Å². The number of hydrogen-bond donors (Lipinski definition) is 1. The second-order valence-corrected chi connectivity index (χ2v) is 5.33. The van der Waals surface area contributed by atoms with Crippen molar-refractivity contribution in [1.29, 1.82) is 0 Å². The number of aromatic nitrogens is 2. The summed E-state index contributed by atoms with van der Waals surface area (Å²) in [5, 5.41) is 10.5. The fourth-order valence-corrected chi connectivity index (χ4v) is 2.55. The Bertz CT molecular complexity index is 557. The highest BCUT2D eigenvalue weighted by Gasteiger charge is 2.24. The van der Waals surface area contributed by atoms with Crippen molar-refractivity contribution in [2.75, 3.05) is 0 Å². The van der Waals surface area contributed by atoms with Crippen LogP contribution >= 0.6 is 0 Å². The highest BCUT2D eigenvalue weighted by molar-refractivity contribution is 5.32. The van der Waals surface area contributed by atoms with E-state index in [1.807, 2.05) is 22.9 Å². The number of aliphatic hydroxyl groups is 1. The third-order valence-electron chi connectivity index (χ3n) is 3.73. The van der Waals surface area contributed by atoms with Gasteiger partial charge in [-0.2, -0.15) is 0 Å². The van der Waals surface area contributed by atoms with E-state index < -0.39 is 6.10 Å². The molecule has 0 radical (unpaired) electrons. The van der Waals surface area contributed by atoms with E-state index in [0.717, 1.165) is 24.4 Å². The summed E-state index contributed by atoms with van der Waals surface area (Å²) in [7, 11) is 0. The molecule has 1 saturated carbocycles. The summed E-state index contributed by atoms with van der Waals surface area (Å²) >= 11 is 0. The van der Waals surface area contributed by atoms with Gasteiger partial charge in [-0.25, -0.2) is 4.98 Å². The van der Waals surface area contributed by atoms with Crippen molar-refractivity contribution < 1.29 is 5.11 Å². The van der Waals surface area contributed by atoms with E-state index in [0.29, 0.717) is 5.92 Å². The third kappa shape index (κ3) is 2.56. The lowest BCUT2D eigenvalue weighted by molar-refractivity contribution is 0.204. The van der Waals surface area contributed by atoms with Crippen molar-refractivity contribution in [3.63, 3.8) is 0 Å². The van der Waals surface area contributed by atoms with E-state index in [2.05, 4.69) is 24.0 Å². The van der Waals surface area contributed by atoms with Crippen LogP contribution in [0.1, 0.15) is 55.2 Å². The fourth-order valence-electron chi connectivity index (χ4n) is 2.55. The van der Waals surface area contributed by atoms with E-state index in [4.69, 9.17) is 0 Å². The van der Waals surface area contributed by atoms with Crippen molar-refractivity contribution in [3.8, 4) is 0 Å². The topological polar surface area (TPSA) is 38.0 Å². The molecule has 1 fully saturated rings. The van der Waals surface area contributed by atoms with Crippen LogP contribution in [0.2, 0.25) is 0 Å². The number of imidazole rings is 1. The Morgan fingerprint density at radius 1 is 1.42 bits per heavy atom. The standard InChI is InChI=1S/C16H20N2O/c1-2-9-18-10-8-17-16(18)15(19)14-5-3-4-13(11-14)12-6-7-12/h3-5,8,10-12,15,19H,2,6-7,9H2,1H3. The van der Waals surface area contributed by atoms with Crippen molar-refractivity contribution in [2.24, 2.45) is 0 Å². The summed E-state index contributed by atoms with van der Waals surface area (Å²) in [6.45, 7) is 3.03. The molecular weight excluding hydrogens is 236 g/mol. The van der Waals surface area contributed by atoms with Gasteiger partial charge >= 0.3 is 0 Å². The highest BCUT2D eigenvalue weighted by Crippen LogP contribution is 2.40. The molecule has 1 N–H and O–H groups in total. The molecule has 19 heavy (non-hydrogen) atoms. The van der Waals surface area contributed by atoms with Crippen LogP contribution in [-0.2, 0) is 6.54 Å². The summed E-state index contributed by atoms with van der Waals surface area (Å²) in [6, 6.07) is 8.32. The van der Waals surface area contributed by atoms with E-state index in [1.54, 1.807) is 6.20 Å². The predicted molar refractivity (Wildman–Crippen MR) is 75.0 cm³/mol. The molecule has 1 atom stereocenters. The maximum absolute atomic E-state index is 10.5. The minimum Gasteiger partial charge on any atom is -0.380 e. The molecule has 1 heterocycles. The maximum Gasteiger partial charge on any atom is 0.142 e. The van der Waals surface area contributed by atoms with Crippen LogP contribution in [0.25, 0.3) is 0 Å². The molecule has 100 valence electrons. The predicted octanol–water partition coefficient (Wildman–Crippen LogP) is 3.25. The number of nitrogens with zero attached hydrogens (tertiary/aromatic N) is 2. The molecule has 1 aromatic heterocycles. The van der Waals surface area contributed by atoms with Gasteiger partial charge in [0.15, 0.2) is 0 Å². The van der Waals surface area contributed by atoms with E-state index in [9.17, 15) is 5.11 Å². The van der Waals surface area contributed by atoms with Gasteiger partial charge in [-0.3, -0.25) is 0 Å². The van der Waals surface area contributed by atoms with Crippen molar-refractivity contribution in [1.82, 2.24) is 9.55 Å². The van der Waals surface area contributed by atoms with E-state index >= 15 is 0 Å². The number of benzene rings is 1. The molecule has 0 aliphatic heterocycles. The minimum atomic E-state index is -0.625. The molecular formula is C16H20N2O. The zero-order valence-corrected chi connectivity index (χ0v) is 11.3. The molecule has 3 heteroatoms. The lowest BCUT2D eigenvalue weighted by Crippen LogP contribution is -2.09. The van der Waals surface area contributed by atoms with Crippen molar-refractivity contribution >= 4 is 0 Å². The smallest absolute Gasteiger partial charge is 0.142 e. The van der Waals surface area contributed by atoms with Gasteiger partial charge in [0.2, 0.25) is 0 Å². The maximum atomic E-state index is 10.5. The molecule has 3 nitrogen and oxygen atoms in total. The average Bonchev–Trinajstić information content (AvgIpc) is 3.19. The summed E-state index contributed by atoms with van der Waals surface area (Å²) in [4.78, 5) is 4.31. The molecule has 0 bridgehead atoms. The Morgan fingerprint density at radius 2 is 2.26 bits per heavy atom. The van der Waals surface area contributed by atoms with Crippen LogP contribution in [0, 0.1) is 0 Å². The van der Waals surface area contributed by atoms with Gasteiger partial charge in [0.25, 0.3) is 0 Å². The second kappa shape index (κ2) is 5.17. The van der Waals surface area contributed by atoms with Crippen LogP contribution in [-0.4, -0.2) is 14.7 Å². The molecule has 1 aliphatic rings. The van der Waals surface area contributed by atoms with E-state index in [1.165, 1.54) is 18.4 Å². The van der Waals surface area contributed by atoms with Crippen LogP contribution in [0.15, 0.2) is 36.7 Å². The first-order valence-corrected chi connectivity index (χ1v) is 7.08. The van der Waals surface area contributed by atoms with Gasteiger partial charge in [0.05, 0.1) is 0 Å². The molecule has 3 rings (SSSR count). The lowest BCUT2D eigenvalue weighted by Gasteiger charge is -2.14. The normalized spacial score (nSPS) is 16.5. The van der Waals surface area contributed by atoms with Gasteiger partial charge in [0.1, 0.15) is 11.9 Å². The first kappa shape index (κ1) is 12.4. The Balaban J connectivity index is 1.87. The number of aryl methyl sites for hydroxylation is 1. The minimum absolute atomic E-state index is 0.625. The third-order valence-corrected chi connectivity index (χ3v) is 3.73. The molecule has 0 spiro atoms. The Hall–Kier alpha value is -1.61. The average molecular weight is 256 g/mol. The van der Waals surface area contributed by atoms with Crippen LogP contribution in [0.4, 0.5) is 0 Å². The molecule has 1 aliphatic carbocycles. The van der Waals surface area contributed by atoms with Gasteiger partial charge in [0, 0.05) is 18.9 Å². The molecule has 0 amide bonds.